The van der Waals surface area contributed by atoms with Gasteiger partial charge in [-0.05, 0) is 56.1 Å². The largest absolute Gasteiger partial charge is 0.369 e. The second kappa shape index (κ2) is 12.8. The summed E-state index contributed by atoms with van der Waals surface area (Å²) in [6.07, 6.45) is 14.7. The van der Waals surface area contributed by atoms with Gasteiger partial charge < -0.3 is 11.1 Å². The van der Waals surface area contributed by atoms with E-state index in [4.69, 9.17) is 10.7 Å². The Morgan fingerprint density at radius 3 is 2.69 bits per heavy atom. The van der Waals surface area contributed by atoms with Gasteiger partial charge in [-0.15, -0.1) is 0 Å². The number of nitrogens with zero attached hydrogens (tertiary/aromatic N) is 3. The summed E-state index contributed by atoms with van der Waals surface area (Å²) in [6.45, 7) is 0. The Bertz CT molecular complexity index is 1050. The van der Waals surface area contributed by atoms with Crippen molar-refractivity contribution >= 4 is 29.2 Å². The molecule has 0 saturated heterocycles. The van der Waals surface area contributed by atoms with Gasteiger partial charge in [-0.2, -0.15) is 0 Å². The van der Waals surface area contributed by atoms with Crippen LogP contribution in [0.5, 0.6) is 0 Å². The molecule has 1 heterocycles. The van der Waals surface area contributed by atoms with Crippen molar-refractivity contribution in [2.24, 2.45) is 22.6 Å². The Labute approximate surface area is 214 Å². The summed E-state index contributed by atoms with van der Waals surface area (Å²) in [5.74, 6) is 1.45. The molecule has 4 rings (SSSR count). The summed E-state index contributed by atoms with van der Waals surface area (Å²) < 4.78 is 0. The molecular formula is C29H41N5O2. The first-order chi connectivity index (χ1) is 17.5. The van der Waals surface area contributed by atoms with E-state index in [0.29, 0.717) is 24.0 Å². The fourth-order valence-corrected chi connectivity index (χ4v) is 5.94. The van der Waals surface area contributed by atoms with Crippen molar-refractivity contribution in [1.82, 2.24) is 15.2 Å². The Morgan fingerprint density at radius 2 is 1.89 bits per heavy atom. The number of aliphatic imine (C=N–C) groups is 1. The number of pyridine rings is 1. The smallest absolute Gasteiger partial charge is 0.270 e. The van der Waals surface area contributed by atoms with Crippen molar-refractivity contribution in [2.45, 2.75) is 89.1 Å². The number of nitrogens with one attached hydrogen (secondary N) is 1. The number of hydrogen-bond acceptors (Lipinski definition) is 4. The molecule has 36 heavy (non-hydrogen) atoms. The summed E-state index contributed by atoms with van der Waals surface area (Å²) in [6, 6.07) is 11.9. The number of benzene rings is 1. The van der Waals surface area contributed by atoms with Crippen LogP contribution in [0.1, 0.15) is 87.5 Å². The molecule has 0 aliphatic heterocycles. The lowest BCUT2D eigenvalue weighted by atomic mass is 9.80. The fraction of sp³-hybridized carbons (Fsp3) is 0.586. The molecule has 2 fully saturated rings. The van der Waals surface area contributed by atoms with Gasteiger partial charge in [-0.1, -0.05) is 69.2 Å². The average molecular weight is 492 g/mol. The Morgan fingerprint density at radius 1 is 1.11 bits per heavy atom. The van der Waals surface area contributed by atoms with Gasteiger partial charge in [0, 0.05) is 18.5 Å². The fourth-order valence-electron chi connectivity index (χ4n) is 5.94. The second-order valence-electron chi connectivity index (χ2n) is 10.8. The lowest BCUT2D eigenvalue weighted by Gasteiger charge is -2.32. The molecule has 0 unspecified atom stereocenters. The van der Waals surface area contributed by atoms with Crippen LogP contribution in [0.2, 0.25) is 0 Å². The van der Waals surface area contributed by atoms with E-state index in [1.807, 2.05) is 30.3 Å². The molecule has 7 nitrogen and oxygen atoms in total. The number of aromatic nitrogens is 1. The number of fused-ring (bicyclic) bond motifs is 1. The van der Waals surface area contributed by atoms with Gasteiger partial charge in [0.2, 0.25) is 6.41 Å². The van der Waals surface area contributed by atoms with E-state index in [2.05, 4.69) is 10.3 Å². The van der Waals surface area contributed by atoms with Crippen molar-refractivity contribution in [3.05, 3.63) is 42.1 Å². The van der Waals surface area contributed by atoms with Gasteiger partial charge >= 0.3 is 0 Å². The van der Waals surface area contributed by atoms with Crippen LogP contribution >= 0.6 is 0 Å². The van der Waals surface area contributed by atoms with Gasteiger partial charge in [-0.25, -0.2) is 9.98 Å². The number of carbonyl (C=O) groups is 2. The van der Waals surface area contributed by atoms with Crippen LogP contribution in [0.4, 0.5) is 0 Å². The predicted octanol–water partition coefficient (Wildman–Crippen LogP) is 5.05. The summed E-state index contributed by atoms with van der Waals surface area (Å²) in [5.41, 5.74) is 7.42. The number of rotatable bonds is 9. The molecule has 2 saturated carbocycles. The third kappa shape index (κ3) is 7.28. The molecule has 2 amide bonds. The molecule has 3 atom stereocenters. The molecule has 2 aliphatic carbocycles. The molecule has 194 valence electrons. The van der Waals surface area contributed by atoms with E-state index in [1.165, 1.54) is 43.4 Å². The number of nitrogens with two attached hydrogens (primary N) is 1. The number of para-hydroxylation sites is 1. The molecule has 0 spiro atoms. The first-order valence-corrected chi connectivity index (χ1v) is 13.7. The summed E-state index contributed by atoms with van der Waals surface area (Å²) in [7, 11) is 1.65. The minimum Gasteiger partial charge on any atom is -0.369 e. The molecule has 0 radical (unpaired) electrons. The maximum Gasteiger partial charge on any atom is 0.270 e. The molecular weight excluding hydrogens is 450 g/mol. The highest BCUT2D eigenvalue weighted by atomic mass is 16.2. The monoisotopic (exact) mass is 491 g/mol. The molecule has 1 aromatic carbocycles. The third-order valence-corrected chi connectivity index (χ3v) is 8.02. The van der Waals surface area contributed by atoms with Crippen LogP contribution in [-0.4, -0.2) is 47.3 Å². The van der Waals surface area contributed by atoms with Gasteiger partial charge in [0.05, 0.1) is 11.6 Å². The highest BCUT2D eigenvalue weighted by molar-refractivity contribution is 5.95. The predicted molar refractivity (Wildman–Crippen MR) is 145 cm³/mol. The quantitative estimate of drug-likeness (QED) is 0.291. The van der Waals surface area contributed by atoms with Crippen molar-refractivity contribution in [3.63, 3.8) is 0 Å². The lowest BCUT2D eigenvalue weighted by molar-refractivity contribution is -0.114. The molecule has 0 bridgehead atoms. The summed E-state index contributed by atoms with van der Waals surface area (Å²) >= 11 is 0. The normalized spacial score (nSPS) is 22.2. The van der Waals surface area contributed by atoms with E-state index in [0.717, 1.165) is 55.3 Å². The number of hydrogen-bond donors (Lipinski definition) is 2. The highest BCUT2D eigenvalue weighted by Gasteiger charge is 2.27. The minimum atomic E-state index is -0.102. The SMILES string of the molecule is CN(C=O)C(N)=N[C@H](CCC1CCCCC1)C[C@H]1CCC[C@@H](NC(=O)c2ccc3ccccc3n2)C1. The van der Waals surface area contributed by atoms with Crippen LogP contribution in [-0.2, 0) is 4.79 Å². The highest BCUT2D eigenvalue weighted by Crippen LogP contribution is 2.33. The molecule has 2 aliphatic rings. The zero-order valence-corrected chi connectivity index (χ0v) is 21.6. The van der Waals surface area contributed by atoms with Crippen LogP contribution in [0, 0.1) is 11.8 Å². The topological polar surface area (TPSA) is 101 Å². The van der Waals surface area contributed by atoms with Gasteiger partial charge in [-0.3, -0.25) is 14.5 Å². The lowest BCUT2D eigenvalue weighted by Crippen LogP contribution is -2.39. The van der Waals surface area contributed by atoms with E-state index in [9.17, 15) is 9.59 Å². The van der Waals surface area contributed by atoms with E-state index >= 15 is 0 Å². The van der Waals surface area contributed by atoms with Gasteiger partial charge in [0.1, 0.15) is 5.69 Å². The molecule has 2 aromatic rings. The number of amides is 2. The Kier molecular flexibility index (Phi) is 9.31. The first kappa shape index (κ1) is 26.1. The zero-order chi connectivity index (χ0) is 25.3. The first-order valence-electron chi connectivity index (χ1n) is 13.7. The van der Waals surface area contributed by atoms with Crippen LogP contribution < -0.4 is 11.1 Å². The van der Waals surface area contributed by atoms with Crippen molar-refractivity contribution in [2.75, 3.05) is 7.05 Å². The van der Waals surface area contributed by atoms with E-state index in [1.54, 1.807) is 13.1 Å². The Balaban J connectivity index is 1.36. The maximum atomic E-state index is 13.0. The minimum absolute atomic E-state index is 0.102. The standard InChI is InChI=1S/C29H41N5O2/c1-34(20-35)29(30)32-25(16-14-21-8-3-2-4-9-21)19-22-10-7-12-24(18-22)31-28(36)27-17-15-23-11-5-6-13-26(23)33-27/h5-6,11,13,15,17,20-22,24-25H,2-4,7-10,12,14,16,18-19H2,1H3,(H2,30,32)(H,31,36)/t22-,24+,25+/m0/s1. The maximum absolute atomic E-state index is 13.0. The van der Waals surface area contributed by atoms with Crippen molar-refractivity contribution in [1.29, 1.82) is 0 Å². The molecule has 3 N–H and O–H groups in total. The Hall–Kier alpha value is -2.96. The van der Waals surface area contributed by atoms with E-state index in [-0.39, 0.29) is 18.0 Å². The molecule has 7 heteroatoms. The van der Waals surface area contributed by atoms with Crippen LogP contribution in [0.3, 0.4) is 0 Å². The van der Waals surface area contributed by atoms with Crippen molar-refractivity contribution in [3.8, 4) is 0 Å². The summed E-state index contributed by atoms with van der Waals surface area (Å²) in [4.78, 5) is 34.8. The second-order valence-corrected chi connectivity index (χ2v) is 10.8. The number of carbonyl (C=O) groups excluding carboxylic acids is 2. The summed E-state index contributed by atoms with van der Waals surface area (Å²) in [5, 5.41) is 4.27. The van der Waals surface area contributed by atoms with Gasteiger partial charge in [0.25, 0.3) is 5.91 Å². The van der Waals surface area contributed by atoms with Crippen LogP contribution in [0.15, 0.2) is 41.4 Å². The van der Waals surface area contributed by atoms with E-state index < -0.39 is 0 Å². The zero-order valence-electron chi connectivity index (χ0n) is 21.6. The molecule has 1 aromatic heterocycles. The van der Waals surface area contributed by atoms with Crippen molar-refractivity contribution < 1.29 is 9.59 Å². The number of guanidine groups is 1. The third-order valence-electron chi connectivity index (χ3n) is 8.02. The average Bonchev–Trinajstić information content (AvgIpc) is 2.91. The van der Waals surface area contributed by atoms with Crippen LogP contribution in [0.25, 0.3) is 10.9 Å². The van der Waals surface area contributed by atoms with Gasteiger partial charge in [0.15, 0.2) is 5.96 Å².